The van der Waals surface area contributed by atoms with Crippen LogP contribution in [-0.2, 0) is 17.6 Å². The first-order valence-corrected chi connectivity index (χ1v) is 12.0. The third-order valence-corrected chi connectivity index (χ3v) is 6.18. The molecule has 1 aliphatic heterocycles. The van der Waals surface area contributed by atoms with Gasteiger partial charge in [-0.1, -0.05) is 6.07 Å². The summed E-state index contributed by atoms with van der Waals surface area (Å²) in [6.07, 6.45) is 6.13. The minimum absolute atomic E-state index is 0.310. The Morgan fingerprint density at radius 1 is 1.27 bits per heavy atom. The highest BCUT2D eigenvalue weighted by Gasteiger charge is 2.20. The molecule has 0 amide bonds. The number of nitrogens with zero attached hydrogens (tertiary/aromatic N) is 2. The number of nitrogens with one attached hydrogen (secondary N) is 2. The Labute approximate surface area is 184 Å². The van der Waals surface area contributed by atoms with Crippen molar-refractivity contribution >= 4 is 17.3 Å². The van der Waals surface area contributed by atoms with Crippen molar-refractivity contribution in [1.29, 1.82) is 0 Å². The molecule has 2 aromatic heterocycles. The second-order valence-electron chi connectivity index (χ2n) is 8.00. The molecule has 0 bridgehead atoms. The molecule has 6 nitrogen and oxygen atoms in total. The molecule has 0 radical (unpaired) electrons. The van der Waals surface area contributed by atoms with Crippen LogP contribution in [0.4, 0.5) is 0 Å². The van der Waals surface area contributed by atoms with E-state index in [9.17, 15) is 0 Å². The molecule has 0 aromatic carbocycles. The highest BCUT2D eigenvalue weighted by Crippen LogP contribution is 2.11. The summed E-state index contributed by atoms with van der Waals surface area (Å²) >= 11 is 1.80. The number of thiophene rings is 1. The van der Waals surface area contributed by atoms with E-state index < -0.39 is 0 Å². The van der Waals surface area contributed by atoms with Gasteiger partial charge >= 0.3 is 0 Å². The van der Waals surface area contributed by atoms with Crippen LogP contribution in [0.25, 0.3) is 0 Å². The molecule has 2 N–H and O–H groups in total. The predicted octanol–water partition coefficient (Wildman–Crippen LogP) is 3.55. The van der Waals surface area contributed by atoms with Crippen LogP contribution in [0.3, 0.4) is 0 Å². The molecular weight excluding hydrogens is 396 g/mol. The minimum Gasteiger partial charge on any atom is -0.469 e. The Balaban J connectivity index is 1.43. The van der Waals surface area contributed by atoms with Crippen molar-refractivity contribution in [2.45, 2.75) is 51.7 Å². The molecule has 1 aliphatic rings. The first-order valence-electron chi connectivity index (χ1n) is 11.1. The van der Waals surface area contributed by atoms with Gasteiger partial charge in [-0.05, 0) is 50.3 Å². The number of ether oxygens (including phenoxy) is 1. The third kappa shape index (κ3) is 8.50. The molecule has 0 unspecified atom stereocenters. The van der Waals surface area contributed by atoms with Gasteiger partial charge in [0.1, 0.15) is 5.76 Å². The summed E-state index contributed by atoms with van der Waals surface area (Å²) < 4.78 is 11.1. The van der Waals surface area contributed by atoms with E-state index in [-0.39, 0.29) is 0 Å². The number of furan rings is 1. The highest BCUT2D eigenvalue weighted by molar-refractivity contribution is 7.09. The number of guanidine groups is 1. The van der Waals surface area contributed by atoms with Crippen molar-refractivity contribution in [3.63, 3.8) is 0 Å². The van der Waals surface area contributed by atoms with Gasteiger partial charge in [0.15, 0.2) is 5.96 Å². The maximum atomic E-state index is 5.69. The van der Waals surface area contributed by atoms with Crippen LogP contribution in [0.15, 0.2) is 45.3 Å². The molecule has 0 saturated carbocycles. The number of hydrogen-bond donors (Lipinski definition) is 2. The zero-order chi connectivity index (χ0) is 21.0. The standard InChI is InChI=1S/C23H36N4O2S/c1-19(2)28-17-15-27-13-9-20(10-14-27)26-23(24-11-7-21-5-3-16-29-21)25-12-8-22-6-4-18-30-22/h3-6,16,18-20H,7-15,17H2,1-2H3,(H2,24,25,26). The summed E-state index contributed by atoms with van der Waals surface area (Å²) in [6.45, 7) is 9.84. The summed E-state index contributed by atoms with van der Waals surface area (Å²) in [5.74, 6) is 1.91. The second kappa shape index (κ2) is 12.8. The first kappa shape index (κ1) is 22.8. The van der Waals surface area contributed by atoms with Gasteiger partial charge in [0.05, 0.1) is 19.0 Å². The number of likely N-dealkylation sites (tertiary alicyclic amines) is 1. The molecule has 0 spiro atoms. The largest absolute Gasteiger partial charge is 0.469 e. The van der Waals surface area contributed by atoms with E-state index in [1.54, 1.807) is 17.6 Å². The van der Waals surface area contributed by atoms with Crippen molar-refractivity contribution in [1.82, 2.24) is 15.5 Å². The topological polar surface area (TPSA) is 62.0 Å². The molecule has 1 saturated heterocycles. The summed E-state index contributed by atoms with van der Waals surface area (Å²) in [4.78, 5) is 8.72. The summed E-state index contributed by atoms with van der Waals surface area (Å²) in [5, 5.41) is 9.28. The molecule has 7 heteroatoms. The third-order valence-electron chi connectivity index (χ3n) is 5.24. The van der Waals surface area contributed by atoms with Gasteiger partial charge in [-0.2, -0.15) is 0 Å². The zero-order valence-corrected chi connectivity index (χ0v) is 19.1. The molecule has 1 fully saturated rings. The van der Waals surface area contributed by atoms with Gasteiger partial charge in [-0.25, -0.2) is 0 Å². The maximum absolute atomic E-state index is 5.69. The van der Waals surface area contributed by atoms with Crippen LogP contribution in [-0.4, -0.2) is 62.3 Å². The van der Waals surface area contributed by atoms with Crippen molar-refractivity contribution < 1.29 is 9.15 Å². The molecule has 0 atom stereocenters. The lowest BCUT2D eigenvalue weighted by Gasteiger charge is -2.33. The van der Waals surface area contributed by atoms with E-state index in [1.165, 1.54) is 4.88 Å². The quantitative estimate of drug-likeness (QED) is 0.420. The van der Waals surface area contributed by atoms with Gasteiger partial charge < -0.3 is 24.7 Å². The highest BCUT2D eigenvalue weighted by atomic mass is 32.1. The van der Waals surface area contributed by atoms with Crippen LogP contribution in [0, 0.1) is 0 Å². The smallest absolute Gasteiger partial charge is 0.191 e. The van der Waals surface area contributed by atoms with Crippen LogP contribution >= 0.6 is 11.3 Å². The number of rotatable bonds is 11. The Morgan fingerprint density at radius 3 is 2.83 bits per heavy atom. The predicted molar refractivity (Wildman–Crippen MR) is 124 cm³/mol. The average molecular weight is 433 g/mol. The van der Waals surface area contributed by atoms with E-state index in [2.05, 4.69) is 46.9 Å². The molecule has 3 rings (SSSR count). The fourth-order valence-electron chi connectivity index (χ4n) is 3.56. The SMILES string of the molecule is CC(C)OCCN1CCC(NC(=NCCc2cccs2)NCCc2ccco2)CC1. The normalized spacial score (nSPS) is 16.3. The molecule has 30 heavy (non-hydrogen) atoms. The summed E-state index contributed by atoms with van der Waals surface area (Å²) in [5.41, 5.74) is 0. The lowest BCUT2D eigenvalue weighted by Crippen LogP contribution is -2.49. The van der Waals surface area contributed by atoms with E-state index in [0.717, 1.165) is 76.7 Å². The van der Waals surface area contributed by atoms with Crippen molar-refractivity contribution in [3.05, 3.63) is 46.5 Å². The lowest BCUT2D eigenvalue weighted by atomic mass is 10.1. The first-order chi connectivity index (χ1) is 14.7. The zero-order valence-electron chi connectivity index (χ0n) is 18.3. The van der Waals surface area contributed by atoms with E-state index in [4.69, 9.17) is 14.1 Å². The fraction of sp³-hybridized carbons (Fsp3) is 0.609. The Bertz CT molecular complexity index is 708. The maximum Gasteiger partial charge on any atom is 0.191 e. The average Bonchev–Trinajstić information content (AvgIpc) is 3.43. The summed E-state index contributed by atoms with van der Waals surface area (Å²) in [7, 11) is 0. The van der Waals surface area contributed by atoms with Gasteiger partial charge in [-0.3, -0.25) is 4.99 Å². The molecule has 3 heterocycles. The Hall–Kier alpha value is -1.83. The molecule has 2 aromatic rings. The van der Waals surface area contributed by atoms with Gasteiger partial charge in [0, 0.05) is 56.5 Å². The molecule has 0 aliphatic carbocycles. The van der Waals surface area contributed by atoms with Crippen LogP contribution in [0.1, 0.15) is 37.3 Å². The van der Waals surface area contributed by atoms with Crippen molar-refractivity contribution in [2.75, 3.05) is 39.3 Å². The minimum atomic E-state index is 0.310. The van der Waals surface area contributed by atoms with Crippen molar-refractivity contribution in [2.24, 2.45) is 4.99 Å². The number of piperidine rings is 1. The van der Waals surface area contributed by atoms with E-state index in [1.807, 2.05) is 12.1 Å². The summed E-state index contributed by atoms with van der Waals surface area (Å²) in [6, 6.07) is 8.69. The molecular formula is C23H36N4O2S. The Kier molecular flexibility index (Phi) is 9.73. The Morgan fingerprint density at radius 2 is 2.13 bits per heavy atom. The van der Waals surface area contributed by atoms with Crippen molar-refractivity contribution in [3.8, 4) is 0 Å². The van der Waals surface area contributed by atoms with Crippen LogP contribution < -0.4 is 10.6 Å². The fourth-order valence-corrected chi connectivity index (χ4v) is 4.25. The number of aliphatic imine (C=N–C) groups is 1. The van der Waals surface area contributed by atoms with Crippen LogP contribution in [0.2, 0.25) is 0 Å². The monoisotopic (exact) mass is 432 g/mol. The van der Waals surface area contributed by atoms with Crippen LogP contribution in [0.5, 0.6) is 0 Å². The van der Waals surface area contributed by atoms with E-state index >= 15 is 0 Å². The van der Waals surface area contributed by atoms with Gasteiger partial charge in [0.2, 0.25) is 0 Å². The van der Waals surface area contributed by atoms with Gasteiger partial charge in [0.25, 0.3) is 0 Å². The number of hydrogen-bond acceptors (Lipinski definition) is 5. The van der Waals surface area contributed by atoms with Gasteiger partial charge in [-0.15, -0.1) is 11.3 Å². The molecule has 166 valence electrons. The second-order valence-corrected chi connectivity index (χ2v) is 9.03. The lowest BCUT2D eigenvalue weighted by molar-refractivity contribution is 0.0532. The van der Waals surface area contributed by atoms with E-state index in [0.29, 0.717) is 12.1 Å².